The monoisotopic (exact) mass is 330 g/mol. The predicted molar refractivity (Wildman–Crippen MR) is 86.1 cm³/mol. The Labute approximate surface area is 126 Å². The number of hydrogen-bond acceptors (Lipinski definition) is 2. The van der Waals surface area contributed by atoms with E-state index in [4.69, 9.17) is 10.5 Å². The summed E-state index contributed by atoms with van der Waals surface area (Å²) in [7, 11) is 1.65. The number of aromatic nitrogens is 1. The molecule has 0 saturated carbocycles. The molecule has 0 spiro atoms. The van der Waals surface area contributed by atoms with Gasteiger partial charge in [-0.2, -0.15) is 0 Å². The van der Waals surface area contributed by atoms with E-state index in [2.05, 4.69) is 51.0 Å². The van der Waals surface area contributed by atoms with E-state index in [-0.39, 0.29) is 0 Å². The highest BCUT2D eigenvalue weighted by Crippen LogP contribution is 2.24. The normalized spacial score (nSPS) is 10.9. The molecule has 4 heteroatoms. The molecule has 0 atom stereocenters. The fourth-order valence-corrected chi connectivity index (χ4v) is 2.78. The van der Waals surface area contributed by atoms with Crippen LogP contribution in [0.15, 0.2) is 53.1 Å². The number of methoxy groups -OCH3 is 1. The maximum absolute atomic E-state index is 5.90. The second-order valence-electron chi connectivity index (χ2n) is 4.76. The van der Waals surface area contributed by atoms with Crippen molar-refractivity contribution in [3.63, 3.8) is 0 Å². The third kappa shape index (κ3) is 2.51. The Morgan fingerprint density at radius 2 is 2.00 bits per heavy atom. The minimum absolute atomic E-state index is 0.721. The fraction of sp³-hybridized carbons (Fsp3) is 0.125. The van der Waals surface area contributed by atoms with Crippen LogP contribution in [0, 0.1) is 0 Å². The summed E-state index contributed by atoms with van der Waals surface area (Å²) in [5.74, 6) is 0.791. The quantitative estimate of drug-likeness (QED) is 0.736. The average Bonchev–Trinajstić information content (AvgIpc) is 2.80. The largest absolute Gasteiger partial charge is 0.497 e. The van der Waals surface area contributed by atoms with Crippen LogP contribution in [0.25, 0.3) is 10.9 Å². The molecule has 2 aromatic carbocycles. The van der Waals surface area contributed by atoms with Crippen molar-refractivity contribution < 1.29 is 4.74 Å². The van der Waals surface area contributed by atoms with E-state index in [1.165, 1.54) is 10.9 Å². The molecule has 3 nitrogen and oxygen atoms in total. The average molecular weight is 331 g/mol. The smallest absolute Gasteiger partial charge is 0.121 e. The van der Waals surface area contributed by atoms with E-state index in [9.17, 15) is 0 Å². The summed E-state index contributed by atoms with van der Waals surface area (Å²) in [6.07, 6.45) is 2.09. The summed E-state index contributed by atoms with van der Waals surface area (Å²) >= 11 is 3.49. The minimum Gasteiger partial charge on any atom is -0.497 e. The molecular weight excluding hydrogens is 316 g/mol. The number of nitrogens with two attached hydrogens (primary N) is 1. The summed E-state index contributed by atoms with van der Waals surface area (Å²) in [5, 5.41) is 1.22. The van der Waals surface area contributed by atoms with Gasteiger partial charge in [0.2, 0.25) is 0 Å². The molecule has 0 radical (unpaired) electrons. The second kappa shape index (κ2) is 5.21. The van der Waals surface area contributed by atoms with Crippen molar-refractivity contribution in [1.29, 1.82) is 0 Å². The zero-order valence-electron chi connectivity index (χ0n) is 11.1. The van der Waals surface area contributed by atoms with E-state index in [0.29, 0.717) is 0 Å². The highest BCUT2D eigenvalue weighted by atomic mass is 79.9. The molecular formula is C16H15BrN2O. The first kappa shape index (κ1) is 13.1. The molecule has 0 aliphatic heterocycles. The number of rotatable bonds is 3. The van der Waals surface area contributed by atoms with Gasteiger partial charge in [0, 0.05) is 39.9 Å². The molecule has 0 bridgehead atoms. The van der Waals surface area contributed by atoms with Crippen molar-refractivity contribution in [1.82, 2.24) is 4.57 Å². The molecule has 3 rings (SSSR count). The number of benzene rings is 2. The lowest BCUT2D eigenvalue weighted by molar-refractivity contribution is 0.414. The molecule has 0 saturated heterocycles. The van der Waals surface area contributed by atoms with E-state index in [0.717, 1.165) is 28.0 Å². The van der Waals surface area contributed by atoms with Crippen LogP contribution in [-0.4, -0.2) is 11.7 Å². The van der Waals surface area contributed by atoms with Gasteiger partial charge in [0.25, 0.3) is 0 Å². The molecule has 0 aliphatic carbocycles. The van der Waals surface area contributed by atoms with Crippen molar-refractivity contribution in [2.24, 2.45) is 0 Å². The van der Waals surface area contributed by atoms with Gasteiger partial charge >= 0.3 is 0 Å². The van der Waals surface area contributed by atoms with Crippen LogP contribution in [0.3, 0.4) is 0 Å². The van der Waals surface area contributed by atoms with Gasteiger partial charge < -0.3 is 15.0 Å². The number of nitrogen functional groups attached to an aromatic ring is 1. The Bertz CT molecular complexity index is 764. The molecule has 1 heterocycles. The minimum atomic E-state index is 0.721. The first-order valence-corrected chi connectivity index (χ1v) is 7.13. The Morgan fingerprint density at radius 1 is 1.15 bits per heavy atom. The van der Waals surface area contributed by atoms with Gasteiger partial charge in [-0.05, 0) is 42.0 Å². The molecule has 2 N–H and O–H groups in total. The van der Waals surface area contributed by atoms with Crippen LogP contribution in [0.5, 0.6) is 5.75 Å². The van der Waals surface area contributed by atoms with Crippen molar-refractivity contribution in [2.75, 3.05) is 12.8 Å². The lowest BCUT2D eigenvalue weighted by Crippen LogP contribution is -1.99. The lowest BCUT2D eigenvalue weighted by Gasteiger charge is -2.09. The molecule has 3 aromatic rings. The SMILES string of the molecule is COc1cc(N)cc(Cn2ccc3cc(Br)ccc32)c1. The zero-order chi connectivity index (χ0) is 14.1. The lowest BCUT2D eigenvalue weighted by atomic mass is 10.2. The first-order chi connectivity index (χ1) is 9.65. The summed E-state index contributed by atoms with van der Waals surface area (Å²) < 4.78 is 8.56. The molecule has 0 unspecified atom stereocenters. The Kier molecular flexibility index (Phi) is 3.40. The van der Waals surface area contributed by atoms with E-state index >= 15 is 0 Å². The van der Waals surface area contributed by atoms with Crippen LogP contribution < -0.4 is 10.5 Å². The van der Waals surface area contributed by atoms with Crippen LogP contribution >= 0.6 is 15.9 Å². The third-order valence-corrected chi connectivity index (χ3v) is 3.80. The number of nitrogens with zero attached hydrogens (tertiary/aromatic N) is 1. The maximum Gasteiger partial charge on any atom is 0.121 e. The number of fused-ring (bicyclic) bond motifs is 1. The fourth-order valence-electron chi connectivity index (χ4n) is 2.40. The Morgan fingerprint density at radius 3 is 2.80 bits per heavy atom. The summed E-state index contributed by atoms with van der Waals surface area (Å²) in [5.41, 5.74) is 8.95. The van der Waals surface area contributed by atoms with Crippen molar-refractivity contribution in [2.45, 2.75) is 6.54 Å². The van der Waals surface area contributed by atoms with Crippen LogP contribution in [0.2, 0.25) is 0 Å². The number of anilines is 1. The highest BCUT2D eigenvalue weighted by molar-refractivity contribution is 9.10. The third-order valence-electron chi connectivity index (χ3n) is 3.31. The van der Waals surface area contributed by atoms with Gasteiger partial charge in [0.05, 0.1) is 7.11 Å². The van der Waals surface area contributed by atoms with Crippen LogP contribution in [-0.2, 0) is 6.54 Å². The van der Waals surface area contributed by atoms with E-state index in [1.807, 2.05) is 18.2 Å². The Hall–Kier alpha value is -1.94. The number of hydrogen-bond donors (Lipinski definition) is 1. The summed E-state index contributed by atoms with van der Waals surface area (Å²) in [6, 6.07) is 14.2. The molecule has 20 heavy (non-hydrogen) atoms. The Balaban J connectivity index is 1.99. The van der Waals surface area contributed by atoms with Gasteiger partial charge in [-0.25, -0.2) is 0 Å². The number of halogens is 1. The van der Waals surface area contributed by atoms with E-state index < -0.39 is 0 Å². The van der Waals surface area contributed by atoms with Crippen molar-refractivity contribution in [3.05, 3.63) is 58.7 Å². The van der Waals surface area contributed by atoms with Gasteiger partial charge in [0.1, 0.15) is 5.75 Å². The highest BCUT2D eigenvalue weighted by Gasteiger charge is 2.04. The summed E-state index contributed by atoms with van der Waals surface area (Å²) in [4.78, 5) is 0. The van der Waals surface area contributed by atoms with Crippen LogP contribution in [0.4, 0.5) is 5.69 Å². The van der Waals surface area contributed by atoms with Gasteiger partial charge in [0.15, 0.2) is 0 Å². The topological polar surface area (TPSA) is 40.2 Å². The van der Waals surface area contributed by atoms with Gasteiger partial charge in [-0.15, -0.1) is 0 Å². The summed E-state index contributed by atoms with van der Waals surface area (Å²) in [6.45, 7) is 0.770. The van der Waals surface area contributed by atoms with Crippen LogP contribution in [0.1, 0.15) is 5.56 Å². The maximum atomic E-state index is 5.90. The predicted octanol–water partition coefficient (Wildman–Crippen LogP) is 4.04. The molecule has 1 aromatic heterocycles. The molecule has 0 aliphatic rings. The molecule has 0 fully saturated rings. The second-order valence-corrected chi connectivity index (χ2v) is 5.68. The van der Waals surface area contributed by atoms with Crippen molar-refractivity contribution >= 4 is 32.5 Å². The standard InChI is InChI=1S/C16H15BrN2O/c1-20-15-7-11(6-14(18)9-15)10-19-5-4-12-8-13(17)2-3-16(12)19/h2-9H,10,18H2,1H3. The zero-order valence-corrected chi connectivity index (χ0v) is 12.7. The molecule has 0 amide bonds. The molecule has 102 valence electrons. The van der Waals surface area contributed by atoms with Crippen molar-refractivity contribution in [3.8, 4) is 5.75 Å². The number of ether oxygens (including phenoxy) is 1. The van der Waals surface area contributed by atoms with E-state index in [1.54, 1.807) is 7.11 Å². The van der Waals surface area contributed by atoms with Gasteiger partial charge in [-0.1, -0.05) is 15.9 Å². The van der Waals surface area contributed by atoms with Gasteiger partial charge in [-0.3, -0.25) is 0 Å². The first-order valence-electron chi connectivity index (χ1n) is 6.33.